The van der Waals surface area contributed by atoms with Gasteiger partial charge in [-0.1, -0.05) is 37.3 Å². The average molecular weight is 415 g/mol. The molecule has 0 radical (unpaired) electrons. The van der Waals surface area contributed by atoms with Crippen LogP contribution < -0.4 is 10.1 Å². The first kappa shape index (κ1) is 20.6. The third-order valence-electron chi connectivity index (χ3n) is 5.23. The van der Waals surface area contributed by atoms with Crippen LogP contribution in [0.2, 0.25) is 0 Å². The van der Waals surface area contributed by atoms with E-state index in [0.717, 1.165) is 29.0 Å². The van der Waals surface area contributed by atoms with E-state index in [1.807, 2.05) is 43.3 Å². The van der Waals surface area contributed by atoms with Gasteiger partial charge in [-0.2, -0.15) is 0 Å². The molecule has 0 aliphatic rings. The van der Waals surface area contributed by atoms with Crippen LogP contribution in [-0.2, 0) is 13.0 Å². The zero-order valence-corrected chi connectivity index (χ0v) is 17.8. The molecule has 158 valence electrons. The van der Waals surface area contributed by atoms with Crippen LogP contribution in [0.25, 0.3) is 11.0 Å². The molecule has 0 aliphatic heterocycles. The van der Waals surface area contributed by atoms with Crippen molar-refractivity contribution in [3.8, 4) is 5.75 Å². The molecule has 0 bridgehead atoms. The lowest BCUT2D eigenvalue weighted by Gasteiger charge is -2.16. The molecule has 2 aromatic carbocycles. The Morgan fingerprint density at radius 2 is 1.84 bits per heavy atom. The topological polar surface area (TPSA) is 69.0 Å². The second-order valence-corrected chi connectivity index (χ2v) is 7.37. The molecule has 1 amide bonds. The van der Waals surface area contributed by atoms with E-state index in [1.54, 1.807) is 24.4 Å². The van der Waals surface area contributed by atoms with Gasteiger partial charge in [0.25, 0.3) is 5.91 Å². The number of carbonyl (C=O) groups excluding carboxylic acids is 1. The number of amides is 1. The third-order valence-corrected chi connectivity index (χ3v) is 5.23. The number of ether oxygens (including phenoxy) is 1. The van der Waals surface area contributed by atoms with Gasteiger partial charge in [0, 0.05) is 6.20 Å². The van der Waals surface area contributed by atoms with E-state index in [0.29, 0.717) is 18.8 Å². The van der Waals surface area contributed by atoms with Crippen molar-refractivity contribution in [3.05, 3.63) is 90.0 Å². The van der Waals surface area contributed by atoms with Gasteiger partial charge in [-0.15, -0.1) is 0 Å². The quantitative estimate of drug-likeness (QED) is 0.459. The summed E-state index contributed by atoms with van der Waals surface area (Å²) < 4.78 is 8.08. The molecule has 0 aliphatic carbocycles. The van der Waals surface area contributed by atoms with Crippen LogP contribution in [0.4, 0.5) is 0 Å². The number of benzene rings is 2. The molecule has 31 heavy (non-hydrogen) atoms. The van der Waals surface area contributed by atoms with Gasteiger partial charge in [0.15, 0.2) is 0 Å². The highest BCUT2D eigenvalue weighted by molar-refractivity contribution is 5.92. The van der Waals surface area contributed by atoms with Gasteiger partial charge in [-0.3, -0.25) is 9.78 Å². The summed E-state index contributed by atoms with van der Waals surface area (Å²) in [5.41, 5.74) is 3.58. The van der Waals surface area contributed by atoms with Crippen molar-refractivity contribution in [1.29, 1.82) is 0 Å². The number of nitrogens with one attached hydrogen (secondary N) is 1. The first-order chi connectivity index (χ1) is 15.2. The van der Waals surface area contributed by atoms with Gasteiger partial charge < -0.3 is 14.6 Å². The van der Waals surface area contributed by atoms with Crippen molar-refractivity contribution in [3.63, 3.8) is 0 Å². The predicted molar refractivity (Wildman–Crippen MR) is 121 cm³/mol. The van der Waals surface area contributed by atoms with Gasteiger partial charge in [-0.05, 0) is 55.3 Å². The monoisotopic (exact) mass is 414 g/mol. The van der Waals surface area contributed by atoms with Crippen molar-refractivity contribution < 1.29 is 9.53 Å². The van der Waals surface area contributed by atoms with Crippen LogP contribution in [0.5, 0.6) is 5.75 Å². The first-order valence-electron chi connectivity index (χ1n) is 10.5. The number of aromatic nitrogens is 3. The van der Waals surface area contributed by atoms with Crippen molar-refractivity contribution in [2.45, 2.75) is 32.9 Å². The van der Waals surface area contributed by atoms with Crippen molar-refractivity contribution in [1.82, 2.24) is 19.9 Å². The fourth-order valence-electron chi connectivity index (χ4n) is 3.57. The highest BCUT2D eigenvalue weighted by atomic mass is 16.5. The van der Waals surface area contributed by atoms with Crippen LogP contribution in [0, 0.1) is 0 Å². The van der Waals surface area contributed by atoms with E-state index in [9.17, 15) is 4.79 Å². The smallest absolute Gasteiger partial charge is 0.270 e. The molecule has 0 spiro atoms. The molecular formula is C25H26N4O2. The predicted octanol–water partition coefficient (Wildman–Crippen LogP) is 4.56. The molecule has 1 N–H and O–H groups in total. The number of fused-ring (bicyclic) bond motifs is 1. The lowest BCUT2D eigenvalue weighted by atomic mass is 10.2. The maximum atomic E-state index is 12.6. The molecule has 0 fully saturated rings. The maximum Gasteiger partial charge on any atom is 0.270 e. The Morgan fingerprint density at radius 1 is 1.06 bits per heavy atom. The third kappa shape index (κ3) is 4.74. The number of aryl methyl sites for hydroxylation is 1. The van der Waals surface area contributed by atoms with Crippen LogP contribution in [0.15, 0.2) is 72.9 Å². The number of nitrogens with zero attached hydrogens (tertiary/aromatic N) is 3. The summed E-state index contributed by atoms with van der Waals surface area (Å²) >= 11 is 0. The molecule has 4 rings (SSSR count). The summed E-state index contributed by atoms with van der Waals surface area (Å²) in [7, 11) is 0. The number of rotatable bonds is 8. The second-order valence-electron chi connectivity index (χ2n) is 7.37. The number of hydrogen-bond acceptors (Lipinski definition) is 4. The summed E-state index contributed by atoms with van der Waals surface area (Å²) in [6, 6.07) is 21.1. The van der Waals surface area contributed by atoms with Crippen LogP contribution >= 0.6 is 0 Å². The van der Waals surface area contributed by atoms with E-state index in [1.165, 1.54) is 5.56 Å². The van der Waals surface area contributed by atoms with Gasteiger partial charge in [0.05, 0.1) is 23.6 Å². The minimum Gasteiger partial charge on any atom is -0.492 e. The van der Waals surface area contributed by atoms with Crippen LogP contribution in [-0.4, -0.2) is 27.0 Å². The SMILES string of the molecule is CCc1ccc(OCCn2c(C(C)NC(=O)c3ccccn3)nc3ccccc32)cc1. The zero-order chi connectivity index (χ0) is 21.6. The Labute approximate surface area is 181 Å². The summed E-state index contributed by atoms with van der Waals surface area (Å²) in [5, 5.41) is 3.01. The van der Waals surface area contributed by atoms with Gasteiger partial charge in [0.1, 0.15) is 23.9 Å². The van der Waals surface area contributed by atoms with E-state index >= 15 is 0 Å². The number of pyridine rings is 1. The van der Waals surface area contributed by atoms with Gasteiger partial charge >= 0.3 is 0 Å². The lowest BCUT2D eigenvalue weighted by molar-refractivity contribution is 0.0932. The first-order valence-corrected chi connectivity index (χ1v) is 10.5. The van der Waals surface area contributed by atoms with Crippen molar-refractivity contribution in [2.24, 2.45) is 0 Å². The largest absolute Gasteiger partial charge is 0.492 e. The fourth-order valence-corrected chi connectivity index (χ4v) is 3.57. The standard InChI is InChI=1S/C25H26N4O2/c1-3-19-11-13-20(14-12-19)31-17-16-29-23-10-5-4-8-21(23)28-24(29)18(2)27-25(30)22-9-6-7-15-26-22/h4-15,18H,3,16-17H2,1-2H3,(H,27,30). The van der Waals surface area contributed by atoms with Gasteiger partial charge in [0.2, 0.25) is 0 Å². The normalized spacial score (nSPS) is 11.9. The van der Waals surface area contributed by atoms with E-state index in [4.69, 9.17) is 9.72 Å². The Morgan fingerprint density at radius 3 is 2.58 bits per heavy atom. The molecule has 2 aromatic heterocycles. The van der Waals surface area contributed by atoms with E-state index < -0.39 is 0 Å². The minimum atomic E-state index is -0.286. The highest BCUT2D eigenvalue weighted by Crippen LogP contribution is 2.21. The summed E-state index contributed by atoms with van der Waals surface area (Å²) in [5.74, 6) is 1.41. The maximum absolute atomic E-state index is 12.6. The molecule has 6 nitrogen and oxygen atoms in total. The fraction of sp³-hybridized carbons (Fsp3) is 0.240. The molecule has 0 saturated heterocycles. The second kappa shape index (κ2) is 9.43. The highest BCUT2D eigenvalue weighted by Gasteiger charge is 2.19. The number of carbonyl (C=O) groups is 1. The molecule has 6 heteroatoms. The van der Waals surface area contributed by atoms with Gasteiger partial charge in [-0.25, -0.2) is 4.98 Å². The summed E-state index contributed by atoms with van der Waals surface area (Å²) in [6.45, 7) is 5.19. The summed E-state index contributed by atoms with van der Waals surface area (Å²) in [6.07, 6.45) is 2.62. The average Bonchev–Trinajstić information content (AvgIpc) is 3.19. The molecule has 1 atom stereocenters. The Hall–Kier alpha value is -3.67. The molecule has 4 aromatic rings. The van der Waals surface area contributed by atoms with E-state index in [2.05, 4.69) is 33.9 Å². The van der Waals surface area contributed by atoms with Crippen molar-refractivity contribution in [2.75, 3.05) is 6.61 Å². The molecular weight excluding hydrogens is 388 g/mol. The van der Waals surface area contributed by atoms with Crippen LogP contribution in [0.1, 0.15) is 41.8 Å². The minimum absolute atomic E-state index is 0.223. The van der Waals surface area contributed by atoms with Crippen LogP contribution in [0.3, 0.4) is 0 Å². The van der Waals surface area contributed by atoms with E-state index in [-0.39, 0.29) is 11.9 Å². The Bertz CT molecular complexity index is 1150. The zero-order valence-electron chi connectivity index (χ0n) is 17.8. The van der Waals surface area contributed by atoms with Crippen molar-refractivity contribution >= 4 is 16.9 Å². The molecule has 1 unspecified atom stereocenters. The molecule has 0 saturated carbocycles. The Balaban J connectivity index is 1.51. The number of hydrogen-bond donors (Lipinski definition) is 1. The molecule has 2 heterocycles. The number of imidazole rings is 1. The summed E-state index contributed by atoms with van der Waals surface area (Å²) in [4.78, 5) is 21.5. The Kier molecular flexibility index (Phi) is 6.26. The lowest BCUT2D eigenvalue weighted by Crippen LogP contribution is -2.29. The number of para-hydroxylation sites is 2.